The lowest BCUT2D eigenvalue weighted by molar-refractivity contribution is -0.288. The van der Waals surface area contributed by atoms with Crippen molar-refractivity contribution in [3.05, 3.63) is 0 Å². The molecule has 1 aliphatic rings. The molecule has 0 aliphatic carbocycles. The number of unbranched alkanes of at least 4 members (excludes halogenated alkanes) is 5. The summed E-state index contributed by atoms with van der Waals surface area (Å²) < 4.78 is 17.7. The molecule has 1 aliphatic heterocycles. The van der Waals surface area contributed by atoms with Crippen LogP contribution < -0.4 is 0 Å². The third-order valence-corrected chi connectivity index (χ3v) is 4.97. The third-order valence-electron chi connectivity index (χ3n) is 4.97. The zero-order chi connectivity index (χ0) is 15.8. The van der Waals surface area contributed by atoms with Crippen molar-refractivity contribution >= 4 is 0 Å². The molecule has 0 spiro atoms. The molecular formula is C18H36O3. The van der Waals surface area contributed by atoms with Crippen LogP contribution >= 0.6 is 0 Å². The minimum absolute atomic E-state index is 0.0518. The van der Waals surface area contributed by atoms with E-state index in [1.54, 1.807) is 0 Å². The number of rotatable bonds is 13. The van der Waals surface area contributed by atoms with Crippen molar-refractivity contribution in [2.24, 2.45) is 5.41 Å². The van der Waals surface area contributed by atoms with Crippen LogP contribution in [0.4, 0.5) is 0 Å². The van der Waals surface area contributed by atoms with Crippen LogP contribution in [-0.4, -0.2) is 31.7 Å². The Morgan fingerprint density at radius 2 is 1.43 bits per heavy atom. The van der Waals surface area contributed by atoms with Gasteiger partial charge in [0.25, 0.3) is 0 Å². The summed E-state index contributed by atoms with van der Waals surface area (Å²) in [7, 11) is 0. The molecule has 126 valence electrons. The zero-order valence-electron chi connectivity index (χ0n) is 14.9. The lowest BCUT2D eigenvalue weighted by Crippen LogP contribution is -2.52. The topological polar surface area (TPSA) is 31.0 Å². The average Bonchev–Trinajstić information content (AvgIpc) is 3.27. The Kier molecular flexibility index (Phi) is 8.22. The lowest BCUT2D eigenvalue weighted by Gasteiger charge is -2.45. The van der Waals surface area contributed by atoms with Crippen molar-refractivity contribution in [1.82, 2.24) is 0 Å². The number of hydrogen-bond donors (Lipinski definition) is 0. The highest BCUT2D eigenvalue weighted by atomic mass is 16.7. The molecule has 21 heavy (non-hydrogen) atoms. The van der Waals surface area contributed by atoms with Crippen molar-refractivity contribution in [3.63, 3.8) is 0 Å². The third kappa shape index (κ3) is 5.22. The van der Waals surface area contributed by atoms with Gasteiger partial charge in [-0.05, 0) is 27.2 Å². The second kappa shape index (κ2) is 9.12. The maximum Gasteiger partial charge on any atom is 0.173 e. The lowest BCUT2D eigenvalue weighted by atomic mass is 9.74. The molecule has 3 heteroatoms. The molecule has 0 amide bonds. The van der Waals surface area contributed by atoms with Gasteiger partial charge in [0.05, 0.1) is 12.7 Å². The van der Waals surface area contributed by atoms with Crippen molar-refractivity contribution in [3.8, 4) is 0 Å². The highest BCUT2D eigenvalue weighted by Gasteiger charge is 2.56. The molecule has 1 fully saturated rings. The van der Waals surface area contributed by atoms with E-state index < -0.39 is 5.79 Å². The molecule has 0 radical (unpaired) electrons. The van der Waals surface area contributed by atoms with E-state index in [2.05, 4.69) is 20.8 Å². The minimum atomic E-state index is -0.541. The summed E-state index contributed by atoms with van der Waals surface area (Å²) in [6.07, 6.45) is 9.30. The first-order chi connectivity index (χ1) is 10.0. The fourth-order valence-corrected chi connectivity index (χ4v) is 3.29. The Balaban J connectivity index is 2.55. The van der Waals surface area contributed by atoms with Crippen molar-refractivity contribution in [1.29, 1.82) is 0 Å². The van der Waals surface area contributed by atoms with Crippen molar-refractivity contribution in [2.45, 2.75) is 91.5 Å². The summed E-state index contributed by atoms with van der Waals surface area (Å²) in [5.74, 6) is -0.541. The van der Waals surface area contributed by atoms with E-state index in [1.807, 2.05) is 13.8 Å². The first kappa shape index (κ1) is 18.9. The Bertz CT molecular complexity index is 270. The highest BCUT2D eigenvalue weighted by molar-refractivity contribution is 4.99. The largest absolute Gasteiger partial charge is 0.372 e. The van der Waals surface area contributed by atoms with Crippen LogP contribution in [0, 0.1) is 5.41 Å². The van der Waals surface area contributed by atoms with Crippen LogP contribution in [0.3, 0.4) is 0 Å². The number of ether oxygens (including phenoxy) is 3. The Hall–Kier alpha value is -0.120. The SMILES string of the molecule is CCCCCCCCC(C)(C1CO1)C(C)(OCC)OCC. The van der Waals surface area contributed by atoms with Gasteiger partial charge in [-0.1, -0.05) is 52.4 Å². The van der Waals surface area contributed by atoms with E-state index >= 15 is 0 Å². The second-order valence-corrected chi connectivity index (χ2v) is 6.57. The molecule has 0 aromatic carbocycles. The van der Waals surface area contributed by atoms with E-state index in [1.165, 1.54) is 38.5 Å². The maximum atomic E-state index is 6.03. The van der Waals surface area contributed by atoms with E-state index in [4.69, 9.17) is 14.2 Å². The number of hydrogen-bond acceptors (Lipinski definition) is 3. The Labute approximate surface area is 131 Å². The van der Waals surface area contributed by atoms with Crippen LogP contribution in [-0.2, 0) is 14.2 Å². The van der Waals surface area contributed by atoms with Gasteiger partial charge in [0.2, 0.25) is 0 Å². The normalized spacial score (nSPS) is 21.3. The molecular weight excluding hydrogens is 264 g/mol. The standard InChI is InChI=1S/C18H36O3/c1-6-9-10-11-12-13-14-17(4,16-15-19-16)18(5,20-7-2)21-8-3/h16H,6-15H2,1-5H3. The van der Waals surface area contributed by atoms with Crippen LogP contribution in [0.2, 0.25) is 0 Å². The van der Waals surface area contributed by atoms with Gasteiger partial charge in [0.15, 0.2) is 5.79 Å². The smallest absolute Gasteiger partial charge is 0.173 e. The number of epoxide rings is 1. The molecule has 2 unspecified atom stereocenters. The Morgan fingerprint density at radius 1 is 0.905 bits per heavy atom. The van der Waals surface area contributed by atoms with Crippen LogP contribution in [0.5, 0.6) is 0 Å². The summed E-state index contributed by atoms with van der Waals surface area (Å²) in [4.78, 5) is 0. The van der Waals surface area contributed by atoms with Gasteiger partial charge in [0.1, 0.15) is 0 Å². The van der Waals surface area contributed by atoms with Gasteiger partial charge >= 0.3 is 0 Å². The van der Waals surface area contributed by atoms with Gasteiger partial charge in [0, 0.05) is 18.6 Å². The van der Waals surface area contributed by atoms with Gasteiger partial charge in [-0.25, -0.2) is 0 Å². The highest BCUT2D eigenvalue weighted by Crippen LogP contribution is 2.48. The quantitative estimate of drug-likeness (QED) is 0.274. The molecule has 2 atom stereocenters. The predicted molar refractivity (Wildman–Crippen MR) is 87.5 cm³/mol. The van der Waals surface area contributed by atoms with Gasteiger partial charge in [-0.15, -0.1) is 0 Å². The first-order valence-electron chi connectivity index (χ1n) is 8.93. The monoisotopic (exact) mass is 300 g/mol. The van der Waals surface area contributed by atoms with Crippen molar-refractivity contribution < 1.29 is 14.2 Å². The van der Waals surface area contributed by atoms with E-state index in [9.17, 15) is 0 Å². The molecule has 1 rings (SSSR count). The van der Waals surface area contributed by atoms with E-state index in [0.29, 0.717) is 13.2 Å². The van der Waals surface area contributed by atoms with Gasteiger partial charge < -0.3 is 14.2 Å². The van der Waals surface area contributed by atoms with Crippen LogP contribution in [0.25, 0.3) is 0 Å². The van der Waals surface area contributed by atoms with Crippen LogP contribution in [0.1, 0.15) is 79.6 Å². The minimum Gasteiger partial charge on any atom is -0.372 e. The zero-order valence-corrected chi connectivity index (χ0v) is 14.9. The van der Waals surface area contributed by atoms with E-state index in [0.717, 1.165) is 13.0 Å². The summed E-state index contributed by atoms with van der Waals surface area (Å²) in [6, 6.07) is 0. The Morgan fingerprint density at radius 3 is 1.90 bits per heavy atom. The predicted octanol–water partition coefficient (Wildman–Crippen LogP) is 4.93. The summed E-state index contributed by atoms with van der Waals surface area (Å²) >= 11 is 0. The molecule has 0 N–H and O–H groups in total. The molecule has 0 bridgehead atoms. The molecule has 0 aromatic heterocycles. The molecule has 1 saturated heterocycles. The molecule has 3 nitrogen and oxygen atoms in total. The average molecular weight is 300 g/mol. The molecule has 1 heterocycles. The van der Waals surface area contributed by atoms with Gasteiger partial charge in [-0.3, -0.25) is 0 Å². The second-order valence-electron chi connectivity index (χ2n) is 6.57. The summed E-state index contributed by atoms with van der Waals surface area (Å²) in [5, 5.41) is 0. The fourth-order valence-electron chi connectivity index (χ4n) is 3.29. The molecule has 0 aromatic rings. The van der Waals surface area contributed by atoms with Crippen LogP contribution in [0.15, 0.2) is 0 Å². The molecule has 0 saturated carbocycles. The maximum absolute atomic E-state index is 6.03. The first-order valence-corrected chi connectivity index (χ1v) is 8.93. The van der Waals surface area contributed by atoms with E-state index in [-0.39, 0.29) is 11.5 Å². The van der Waals surface area contributed by atoms with Crippen molar-refractivity contribution in [2.75, 3.05) is 19.8 Å². The summed E-state index contributed by atoms with van der Waals surface area (Å²) in [5.41, 5.74) is -0.0518. The summed E-state index contributed by atoms with van der Waals surface area (Å²) in [6.45, 7) is 12.9. The fraction of sp³-hybridized carbons (Fsp3) is 1.00. The van der Waals surface area contributed by atoms with Gasteiger partial charge in [-0.2, -0.15) is 0 Å².